The molecular weight excluding hydrogens is 548 g/mol. The predicted molar refractivity (Wildman–Crippen MR) is 174 cm³/mol. The van der Waals surface area contributed by atoms with Gasteiger partial charge in [0.2, 0.25) is 0 Å². The summed E-state index contributed by atoms with van der Waals surface area (Å²) in [5, 5.41) is 0. The fourth-order valence-corrected chi connectivity index (χ4v) is 4.30. The lowest BCUT2D eigenvalue weighted by atomic mass is 10.2. The fourth-order valence-electron chi connectivity index (χ4n) is 4.30. The van der Waals surface area contributed by atoms with Crippen LogP contribution in [0.2, 0.25) is 0 Å². The standard InChI is InChI=1S/C33H68N4O6/c1-25(2)13-38-19-31-34-32(20-39-14-26(3)4)37(24-43-18-30(11)12)33(36(31)23-42-17-29(9)10)35(21-40-15-27(5)6)22-41-16-28(7)8/h25-31,33H,13-24H2,1-12H3. The first-order valence-corrected chi connectivity index (χ1v) is 16.6. The summed E-state index contributed by atoms with van der Waals surface area (Å²) in [6, 6.07) is 0. The summed E-state index contributed by atoms with van der Waals surface area (Å²) in [5.41, 5.74) is 0. The summed E-state index contributed by atoms with van der Waals surface area (Å²) < 4.78 is 37.5. The van der Waals surface area contributed by atoms with E-state index in [0.29, 0.717) is 115 Å². The molecule has 0 aliphatic carbocycles. The van der Waals surface area contributed by atoms with Gasteiger partial charge in [-0.15, -0.1) is 0 Å². The number of aliphatic imine (C=N–C) groups is 1. The van der Waals surface area contributed by atoms with E-state index in [-0.39, 0.29) is 12.5 Å². The molecule has 0 aromatic heterocycles. The van der Waals surface area contributed by atoms with Gasteiger partial charge in [0.05, 0.1) is 33.0 Å². The summed E-state index contributed by atoms with van der Waals surface area (Å²) in [5.74, 6) is 3.33. The second kappa shape index (κ2) is 22.6. The Kier molecular flexibility index (Phi) is 21.1. The second-order valence-electron chi connectivity index (χ2n) is 14.4. The van der Waals surface area contributed by atoms with Gasteiger partial charge in [-0.1, -0.05) is 83.1 Å². The van der Waals surface area contributed by atoms with Gasteiger partial charge in [0.15, 0.2) is 0 Å². The molecule has 0 spiro atoms. The second-order valence-corrected chi connectivity index (χ2v) is 14.4. The Morgan fingerprint density at radius 2 is 0.977 bits per heavy atom. The number of hydrogen-bond acceptors (Lipinski definition) is 10. The highest BCUT2D eigenvalue weighted by atomic mass is 16.5. The van der Waals surface area contributed by atoms with Gasteiger partial charge in [0.1, 0.15) is 51.8 Å². The molecule has 1 rings (SSSR count). The summed E-state index contributed by atoms with van der Waals surface area (Å²) in [6.07, 6.45) is -0.575. The zero-order chi connectivity index (χ0) is 32.4. The van der Waals surface area contributed by atoms with Crippen LogP contribution >= 0.6 is 0 Å². The van der Waals surface area contributed by atoms with Crippen molar-refractivity contribution in [3.63, 3.8) is 0 Å². The van der Waals surface area contributed by atoms with Crippen LogP contribution in [-0.2, 0) is 28.4 Å². The molecule has 0 bridgehead atoms. The van der Waals surface area contributed by atoms with Crippen molar-refractivity contribution in [2.75, 3.05) is 79.8 Å². The maximum absolute atomic E-state index is 6.29. The van der Waals surface area contributed by atoms with E-state index < -0.39 is 0 Å². The molecule has 0 amide bonds. The van der Waals surface area contributed by atoms with Crippen LogP contribution in [-0.4, -0.2) is 113 Å². The van der Waals surface area contributed by atoms with E-state index in [4.69, 9.17) is 33.4 Å². The monoisotopic (exact) mass is 617 g/mol. The van der Waals surface area contributed by atoms with Gasteiger partial charge in [-0.2, -0.15) is 0 Å². The van der Waals surface area contributed by atoms with Gasteiger partial charge in [-0.25, -0.2) is 14.8 Å². The Morgan fingerprint density at radius 1 is 0.558 bits per heavy atom. The minimum Gasteiger partial charge on any atom is -0.378 e. The van der Waals surface area contributed by atoms with E-state index in [2.05, 4.69) is 97.8 Å². The van der Waals surface area contributed by atoms with Crippen LogP contribution in [0.25, 0.3) is 0 Å². The lowest BCUT2D eigenvalue weighted by Gasteiger charge is -2.50. The Balaban J connectivity index is 3.58. The third-order valence-electron chi connectivity index (χ3n) is 6.10. The van der Waals surface area contributed by atoms with Gasteiger partial charge in [-0.3, -0.25) is 0 Å². The van der Waals surface area contributed by atoms with Gasteiger partial charge >= 0.3 is 0 Å². The number of rotatable bonds is 25. The molecular formula is C33H68N4O6. The molecule has 43 heavy (non-hydrogen) atoms. The van der Waals surface area contributed by atoms with Gasteiger partial charge in [-0.05, 0) is 35.5 Å². The molecule has 0 radical (unpaired) electrons. The Hall–Kier alpha value is -0.850. The van der Waals surface area contributed by atoms with Crippen LogP contribution in [0.5, 0.6) is 0 Å². The molecule has 0 saturated carbocycles. The van der Waals surface area contributed by atoms with Crippen molar-refractivity contribution >= 4 is 5.84 Å². The molecule has 1 aliphatic rings. The van der Waals surface area contributed by atoms with Crippen LogP contribution in [0.4, 0.5) is 0 Å². The van der Waals surface area contributed by atoms with Gasteiger partial charge in [0, 0.05) is 13.2 Å². The molecule has 2 unspecified atom stereocenters. The molecule has 2 atom stereocenters. The van der Waals surface area contributed by atoms with Crippen molar-refractivity contribution < 1.29 is 28.4 Å². The largest absolute Gasteiger partial charge is 0.378 e. The van der Waals surface area contributed by atoms with Crippen molar-refractivity contribution in [2.45, 2.75) is 95.5 Å². The molecule has 0 saturated heterocycles. The van der Waals surface area contributed by atoms with E-state index in [1.807, 2.05) is 0 Å². The average molecular weight is 617 g/mol. The molecule has 1 aliphatic heterocycles. The number of amidine groups is 1. The highest BCUT2D eigenvalue weighted by molar-refractivity contribution is 5.84. The minimum absolute atomic E-state index is 0.271. The highest BCUT2D eigenvalue weighted by Crippen LogP contribution is 2.24. The predicted octanol–water partition coefficient (Wildman–Crippen LogP) is 5.78. The quantitative estimate of drug-likeness (QED) is 0.119. The van der Waals surface area contributed by atoms with Crippen LogP contribution in [0.1, 0.15) is 83.1 Å². The van der Waals surface area contributed by atoms with Crippen molar-refractivity contribution in [1.29, 1.82) is 0 Å². The Morgan fingerprint density at radius 3 is 1.47 bits per heavy atom. The third kappa shape index (κ3) is 18.0. The number of hydrogen-bond donors (Lipinski definition) is 0. The zero-order valence-electron chi connectivity index (χ0n) is 29.8. The molecule has 256 valence electrons. The number of ether oxygens (including phenoxy) is 6. The minimum atomic E-state index is -0.304. The van der Waals surface area contributed by atoms with Crippen LogP contribution in [0.15, 0.2) is 4.99 Å². The van der Waals surface area contributed by atoms with Crippen molar-refractivity contribution in [3.8, 4) is 0 Å². The summed E-state index contributed by atoms with van der Waals surface area (Å²) >= 11 is 0. The lowest BCUT2D eigenvalue weighted by Crippen LogP contribution is -2.67. The first-order chi connectivity index (χ1) is 20.3. The van der Waals surface area contributed by atoms with Crippen LogP contribution in [0.3, 0.4) is 0 Å². The van der Waals surface area contributed by atoms with E-state index in [1.54, 1.807) is 0 Å². The Bertz CT molecular complexity index is 706. The number of nitrogens with zero attached hydrogens (tertiary/aromatic N) is 4. The molecule has 0 aromatic carbocycles. The first-order valence-electron chi connectivity index (χ1n) is 16.6. The van der Waals surface area contributed by atoms with E-state index in [9.17, 15) is 0 Å². The van der Waals surface area contributed by atoms with Crippen LogP contribution in [0, 0.1) is 35.5 Å². The summed E-state index contributed by atoms with van der Waals surface area (Å²) in [6.45, 7) is 32.2. The maximum Gasteiger partial charge on any atom is 0.150 e. The van der Waals surface area contributed by atoms with Crippen LogP contribution < -0.4 is 0 Å². The summed E-state index contributed by atoms with van der Waals surface area (Å²) in [7, 11) is 0. The SMILES string of the molecule is CC(C)COCC1=NC(COCC(C)C)N(COCC(C)C)C(N(COCC(C)C)COCC(C)C)N1COCC(C)C. The third-order valence-corrected chi connectivity index (χ3v) is 6.10. The average Bonchev–Trinajstić information content (AvgIpc) is 2.88. The van der Waals surface area contributed by atoms with Crippen molar-refractivity contribution in [3.05, 3.63) is 0 Å². The lowest BCUT2D eigenvalue weighted by molar-refractivity contribution is -0.199. The summed E-state index contributed by atoms with van der Waals surface area (Å²) in [4.78, 5) is 11.9. The molecule has 10 nitrogen and oxygen atoms in total. The van der Waals surface area contributed by atoms with Crippen molar-refractivity contribution in [1.82, 2.24) is 14.7 Å². The van der Waals surface area contributed by atoms with E-state index in [1.165, 1.54) is 0 Å². The molecule has 0 fully saturated rings. The zero-order valence-corrected chi connectivity index (χ0v) is 29.8. The van der Waals surface area contributed by atoms with E-state index in [0.717, 1.165) is 5.84 Å². The fraction of sp³-hybridized carbons (Fsp3) is 0.970. The van der Waals surface area contributed by atoms with E-state index >= 15 is 0 Å². The Labute approximate surface area is 264 Å². The van der Waals surface area contributed by atoms with Gasteiger partial charge < -0.3 is 33.3 Å². The highest BCUT2D eigenvalue weighted by Gasteiger charge is 2.41. The van der Waals surface area contributed by atoms with Gasteiger partial charge in [0.25, 0.3) is 0 Å². The topological polar surface area (TPSA) is 77.5 Å². The normalized spacial score (nSPS) is 18.6. The maximum atomic E-state index is 6.29. The molecule has 1 heterocycles. The molecule has 10 heteroatoms. The van der Waals surface area contributed by atoms with Crippen molar-refractivity contribution in [2.24, 2.45) is 40.5 Å². The molecule has 0 aromatic rings. The molecule has 0 N–H and O–H groups in total. The smallest absolute Gasteiger partial charge is 0.150 e. The first kappa shape index (κ1) is 40.2.